The first-order chi connectivity index (χ1) is 14.0. The average Bonchev–Trinajstić information content (AvgIpc) is 2.70. The molecule has 0 fully saturated rings. The minimum absolute atomic E-state index is 0.0930. The van der Waals surface area contributed by atoms with E-state index >= 15 is 0 Å². The van der Waals surface area contributed by atoms with Crippen molar-refractivity contribution in [3.63, 3.8) is 0 Å². The van der Waals surface area contributed by atoms with E-state index < -0.39 is 4.92 Å². The van der Waals surface area contributed by atoms with Gasteiger partial charge in [-0.15, -0.1) is 0 Å². The Morgan fingerprint density at radius 2 is 1.62 bits per heavy atom. The molecule has 29 heavy (non-hydrogen) atoms. The number of hydrogen-bond acceptors (Lipinski definition) is 7. The van der Waals surface area contributed by atoms with Gasteiger partial charge in [0.25, 0.3) is 0 Å². The summed E-state index contributed by atoms with van der Waals surface area (Å²) in [6, 6.07) is 15.2. The number of aryl methyl sites for hydroxylation is 2. The number of nitrogens with one attached hydrogen (secondary N) is 2. The topological polar surface area (TPSA) is 106 Å². The van der Waals surface area contributed by atoms with Gasteiger partial charge in [-0.2, -0.15) is 0 Å². The van der Waals surface area contributed by atoms with Gasteiger partial charge in [0, 0.05) is 17.3 Å². The summed E-state index contributed by atoms with van der Waals surface area (Å²) in [5.74, 6) is 0.211. The van der Waals surface area contributed by atoms with Crippen molar-refractivity contribution in [3.8, 4) is 0 Å². The maximum atomic E-state index is 11.9. The van der Waals surface area contributed by atoms with E-state index in [1.807, 2.05) is 56.3 Å². The fourth-order valence-corrected chi connectivity index (χ4v) is 3.15. The van der Waals surface area contributed by atoms with Crippen molar-refractivity contribution >= 4 is 39.6 Å². The van der Waals surface area contributed by atoms with Crippen molar-refractivity contribution in [2.45, 2.75) is 13.8 Å². The fraction of sp³-hybridized carbons (Fsp3) is 0.0952. The van der Waals surface area contributed by atoms with Gasteiger partial charge in [-0.25, -0.2) is 9.97 Å². The largest absolute Gasteiger partial charge is 0.353 e. The lowest BCUT2D eigenvalue weighted by Crippen LogP contribution is -2.06. The van der Waals surface area contributed by atoms with Crippen molar-refractivity contribution in [1.82, 2.24) is 15.0 Å². The van der Waals surface area contributed by atoms with Crippen LogP contribution in [0.3, 0.4) is 0 Å². The molecule has 0 radical (unpaired) electrons. The lowest BCUT2D eigenvalue weighted by molar-refractivity contribution is -0.383. The van der Waals surface area contributed by atoms with Gasteiger partial charge in [-0.3, -0.25) is 15.1 Å². The molecule has 0 spiro atoms. The Bertz CT molecular complexity index is 1220. The Morgan fingerprint density at radius 3 is 2.34 bits per heavy atom. The van der Waals surface area contributed by atoms with E-state index in [4.69, 9.17) is 0 Å². The van der Waals surface area contributed by atoms with E-state index in [-0.39, 0.29) is 17.3 Å². The zero-order valence-corrected chi connectivity index (χ0v) is 15.9. The maximum Gasteiger partial charge on any atom is 0.353 e. The molecular weight excluding hydrogens is 368 g/mol. The number of hydrogen-bond donors (Lipinski definition) is 2. The number of anilines is 4. The zero-order chi connectivity index (χ0) is 20.4. The summed E-state index contributed by atoms with van der Waals surface area (Å²) in [4.78, 5) is 23.9. The van der Waals surface area contributed by atoms with Crippen LogP contribution in [0.15, 0.2) is 61.1 Å². The summed E-state index contributed by atoms with van der Waals surface area (Å²) < 4.78 is 0. The lowest BCUT2D eigenvalue weighted by atomic mass is 10.1. The highest BCUT2D eigenvalue weighted by atomic mass is 16.6. The highest BCUT2D eigenvalue weighted by molar-refractivity contribution is 5.93. The van der Waals surface area contributed by atoms with Crippen LogP contribution in [0.2, 0.25) is 0 Å². The predicted octanol–water partition coefficient (Wildman–Crippen LogP) is 5.04. The third-order valence-corrected chi connectivity index (χ3v) is 4.53. The zero-order valence-electron chi connectivity index (χ0n) is 15.9. The molecule has 0 amide bonds. The van der Waals surface area contributed by atoms with Gasteiger partial charge in [0.2, 0.25) is 11.6 Å². The van der Waals surface area contributed by atoms with E-state index in [0.717, 1.165) is 22.2 Å². The van der Waals surface area contributed by atoms with Gasteiger partial charge in [-0.05, 0) is 37.6 Å². The molecule has 2 aromatic heterocycles. The van der Waals surface area contributed by atoms with Crippen LogP contribution in [0.1, 0.15) is 11.1 Å². The Hall–Kier alpha value is -4.07. The molecule has 2 heterocycles. The molecule has 144 valence electrons. The molecule has 0 saturated carbocycles. The van der Waals surface area contributed by atoms with Crippen LogP contribution in [0.25, 0.3) is 10.9 Å². The molecule has 8 heteroatoms. The van der Waals surface area contributed by atoms with Crippen LogP contribution >= 0.6 is 0 Å². The molecule has 0 bridgehead atoms. The van der Waals surface area contributed by atoms with Gasteiger partial charge >= 0.3 is 5.69 Å². The van der Waals surface area contributed by atoms with Gasteiger partial charge in [0.15, 0.2) is 0 Å². The van der Waals surface area contributed by atoms with Crippen molar-refractivity contribution < 1.29 is 4.92 Å². The highest BCUT2D eigenvalue weighted by Gasteiger charge is 2.24. The van der Waals surface area contributed by atoms with Crippen molar-refractivity contribution in [2.24, 2.45) is 0 Å². The number of benzene rings is 2. The predicted molar refractivity (Wildman–Crippen MR) is 113 cm³/mol. The standard InChI is InChI=1S/C21H18N6O2/c1-13-8-9-16(14(2)11-13)25-20-19(27(28)29)21(24-12-23-20)26-17-7-3-5-15-6-4-10-22-18(15)17/h3-12H,1-2H3,(H2,23,24,25,26). The molecule has 0 aliphatic rings. The third-order valence-electron chi connectivity index (χ3n) is 4.53. The van der Waals surface area contributed by atoms with Crippen LogP contribution < -0.4 is 10.6 Å². The van der Waals surface area contributed by atoms with Crippen molar-refractivity contribution in [1.29, 1.82) is 0 Å². The van der Waals surface area contributed by atoms with Crippen LogP contribution in [-0.4, -0.2) is 19.9 Å². The quantitative estimate of drug-likeness (QED) is 0.366. The fourth-order valence-electron chi connectivity index (χ4n) is 3.15. The van der Waals surface area contributed by atoms with E-state index in [2.05, 4.69) is 25.6 Å². The molecule has 0 unspecified atom stereocenters. The second-order valence-electron chi connectivity index (χ2n) is 6.63. The molecule has 2 aromatic carbocycles. The first kappa shape index (κ1) is 18.3. The van der Waals surface area contributed by atoms with E-state index in [9.17, 15) is 10.1 Å². The summed E-state index contributed by atoms with van der Waals surface area (Å²) in [6.07, 6.45) is 2.97. The highest BCUT2D eigenvalue weighted by Crippen LogP contribution is 2.35. The number of pyridine rings is 1. The summed E-state index contributed by atoms with van der Waals surface area (Å²) in [5, 5.41) is 18.9. The molecule has 8 nitrogen and oxygen atoms in total. The molecular formula is C21H18N6O2. The number of fused-ring (bicyclic) bond motifs is 1. The second-order valence-corrected chi connectivity index (χ2v) is 6.63. The normalized spacial score (nSPS) is 10.7. The van der Waals surface area contributed by atoms with E-state index in [1.165, 1.54) is 6.33 Å². The Balaban J connectivity index is 1.76. The number of rotatable bonds is 5. The number of para-hydroxylation sites is 1. The summed E-state index contributed by atoms with van der Waals surface area (Å²) in [6.45, 7) is 3.92. The minimum Gasteiger partial charge on any atom is -0.334 e. The lowest BCUT2D eigenvalue weighted by Gasteiger charge is -2.12. The molecule has 4 aromatic rings. The second kappa shape index (κ2) is 7.51. The van der Waals surface area contributed by atoms with E-state index in [0.29, 0.717) is 11.2 Å². The third kappa shape index (κ3) is 3.68. The molecule has 2 N–H and O–H groups in total. The number of nitrogens with zero attached hydrogens (tertiary/aromatic N) is 4. The Morgan fingerprint density at radius 1 is 0.897 bits per heavy atom. The Kier molecular flexibility index (Phi) is 4.74. The molecule has 4 rings (SSSR count). The van der Waals surface area contributed by atoms with Gasteiger partial charge in [-0.1, -0.05) is 35.9 Å². The molecule has 0 aliphatic carbocycles. The molecule has 0 saturated heterocycles. The van der Waals surface area contributed by atoms with Gasteiger partial charge in [0.05, 0.1) is 16.1 Å². The maximum absolute atomic E-state index is 11.9. The minimum atomic E-state index is -0.493. The number of nitro groups is 1. The van der Waals surface area contributed by atoms with Crippen LogP contribution in [0.5, 0.6) is 0 Å². The van der Waals surface area contributed by atoms with Gasteiger partial charge in [0.1, 0.15) is 6.33 Å². The summed E-state index contributed by atoms with van der Waals surface area (Å²) >= 11 is 0. The van der Waals surface area contributed by atoms with Crippen LogP contribution in [0, 0.1) is 24.0 Å². The number of aromatic nitrogens is 3. The van der Waals surface area contributed by atoms with Gasteiger partial charge < -0.3 is 10.6 Å². The van der Waals surface area contributed by atoms with E-state index in [1.54, 1.807) is 12.3 Å². The first-order valence-corrected chi connectivity index (χ1v) is 8.97. The molecule has 0 aliphatic heterocycles. The van der Waals surface area contributed by atoms with Crippen LogP contribution in [-0.2, 0) is 0 Å². The van der Waals surface area contributed by atoms with Crippen molar-refractivity contribution in [3.05, 3.63) is 82.3 Å². The first-order valence-electron chi connectivity index (χ1n) is 8.97. The Labute approximate surface area is 166 Å². The summed E-state index contributed by atoms with van der Waals surface area (Å²) in [5.41, 5.74) is 3.91. The van der Waals surface area contributed by atoms with Crippen LogP contribution in [0.4, 0.5) is 28.7 Å². The molecule has 0 atom stereocenters. The van der Waals surface area contributed by atoms with Crippen molar-refractivity contribution in [2.75, 3.05) is 10.6 Å². The monoisotopic (exact) mass is 386 g/mol. The average molecular weight is 386 g/mol. The SMILES string of the molecule is Cc1ccc(Nc2ncnc(Nc3cccc4cccnc34)c2[N+](=O)[O-])c(C)c1. The summed E-state index contributed by atoms with van der Waals surface area (Å²) in [7, 11) is 0. The smallest absolute Gasteiger partial charge is 0.334 e.